The van der Waals surface area contributed by atoms with E-state index < -0.39 is 0 Å². The summed E-state index contributed by atoms with van der Waals surface area (Å²) < 4.78 is 0. The van der Waals surface area contributed by atoms with Crippen LogP contribution in [0.2, 0.25) is 0 Å². The van der Waals surface area contributed by atoms with Gasteiger partial charge in [0.25, 0.3) is 0 Å². The first-order valence-electron chi connectivity index (χ1n) is 6.45. The van der Waals surface area contributed by atoms with Crippen molar-refractivity contribution in [2.75, 3.05) is 0 Å². The van der Waals surface area contributed by atoms with Gasteiger partial charge in [0.2, 0.25) is 0 Å². The predicted molar refractivity (Wildman–Crippen MR) is 70.1 cm³/mol. The first-order valence-corrected chi connectivity index (χ1v) is 7.27. The third-order valence-corrected chi connectivity index (χ3v) is 4.37. The Morgan fingerprint density at radius 1 is 1.31 bits per heavy atom. The zero-order valence-corrected chi connectivity index (χ0v) is 11.4. The maximum atomic E-state index is 4.83. The molecule has 1 N–H and O–H groups in total. The molecule has 1 aliphatic rings. The molecule has 0 bridgehead atoms. The minimum Gasteiger partial charge on any atom is -0.306 e. The van der Waals surface area contributed by atoms with Crippen molar-refractivity contribution in [3.8, 4) is 0 Å². The average Bonchev–Trinajstić information content (AvgIpc) is 2.68. The Morgan fingerprint density at radius 2 is 2.06 bits per heavy atom. The minimum absolute atomic E-state index is 0.454. The normalized spacial score (nSPS) is 17.5. The third-order valence-electron chi connectivity index (χ3n) is 3.10. The van der Waals surface area contributed by atoms with E-state index in [9.17, 15) is 0 Å². The zero-order chi connectivity index (χ0) is 11.5. The van der Waals surface area contributed by atoms with Crippen molar-refractivity contribution in [2.45, 2.75) is 65.0 Å². The van der Waals surface area contributed by atoms with Gasteiger partial charge in [0.15, 0.2) is 0 Å². The minimum atomic E-state index is 0.454. The van der Waals surface area contributed by atoms with Crippen molar-refractivity contribution < 1.29 is 0 Å². The van der Waals surface area contributed by atoms with Crippen LogP contribution >= 0.6 is 11.3 Å². The van der Waals surface area contributed by atoms with Gasteiger partial charge in [-0.25, -0.2) is 4.98 Å². The summed E-state index contributed by atoms with van der Waals surface area (Å²) in [6, 6.07) is 0.987. The van der Waals surface area contributed by atoms with Gasteiger partial charge < -0.3 is 5.32 Å². The predicted octanol–water partition coefficient (Wildman–Crippen LogP) is 3.47. The molecule has 0 aromatic carbocycles. The fourth-order valence-corrected chi connectivity index (χ4v) is 3.58. The molecule has 16 heavy (non-hydrogen) atoms. The molecular weight excluding hydrogens is 216 g/mol. The van der Waals surface area contributed by atoms with Crippen molar-refractivity contribution in [3.05, 3.63) is 15.6 Å². The number of hydrogen-bond donors (Lipinski definition) is 1. The molecular formula is C13H22N2S. The van der Waals surface area contributed by atoms with Crippen molar-refractivity contribution in [2.24, 2.45) is 0 Å². The highest BCUT2D eigenvalue weighted by Gasteiger charge is 2.20. The summed E-state index contributed by atoms with van der Waals surface area (Å²) in [4.78, 5) is 6.38. The molecule has 1 heterocycles. The largest absolute Gasteiger partial charge is 0.306 e. The summed E-state index contributed by atoms with van der Waals surface area (Å²) >= 11 is 1.94. The van der Waals surface area contributed by atoms with Crippen molar-refractivity contribution >= 4 is 11.3 Å². The van der Waals surface area contributed by atoms with E-state index in [0.29, 0.717) is 12.1 Å². The number of thiazole rings is 1. The highest BCUT2D eigenvalue weighted by molar-refractivity contribution is 7.11. The second-order valence-electron chi connectivity index (χ2n) is 4.91. The number of fused-ring (bicyclic) bond motifs is 1. The molecule has 2 nitrogen and oxygen atoms in total. The van der Waals surface area contributed by atoms with Gasteiger partial charge in [0, 0.05) is 10.9 Å². The topological polar surface area (TPSA) is 24.9 Å². The van der Waals surface area contributed by atoms with Gasteiger partial charge in [-0.15, -0.1) is 11.3 Å². The van der Waals surface area contributed by atoms with E-state index in [0.717, 1.165) is 6.42 Å². The highest BCUT2D eigenvalue weighted by Crippen LogP contribution is 2.30. The SMILES string of the molecule is CCC(NC(C)C)c1nc2c(s1)CCCC2. The maximum absolute atomic E-state index is 4.83. The zero-order valence-electron chi connectivity index (χ0n) is 10.5. The smallest absolute Gasteiger partial charge is 0.110 e. The molecule has 0 saturated carbocycles. The Hall–Kier alpha value is -0.410. The van der Waals surface area contributed by atoms with E-state index in [1.165, 1.54) is 36.4 Å². The lowest BCUT2D eigenvalue weighted by atomic mass is 10.0. The molecule has 0 radical (unpaired) electrons. The molecule has 0 saturated heterocycles. The van der Waals surface area contributed by atoms with E-state index in [-0.39, 0.29) is 0 Å². The fourth-order valence-electron chi connectivity index (χ4n) is 2.29. The number of nitrogens with one attached hydrogen (secondary N) is 1. The van der Waals surface area contributed by atoms with Crippen LogP contribution in [0.3, 0.4) is 0 Å². The molecule has 1 aliphatic carbocycles. The Balaban J connectivity index is 2.15. The van der Waals surface area contributed by atoms with Crippen LogP contribution in [0.5, 0.6) is 0 Å². The number of nitrogens with zero attached hydrogens (tertiary/aromatic N) is 1. The van der Waals surface area contributed by atoms with Crippen molar-refractivity contribution in [1.29, 1.82) is 0 Å². The molecule has 1 aromatic rings. The second-order valence-corrected chi connectivity index (χ2v) is 6.03. The van der Waals surface area contributed by atoms with Crippen LogP contribution in [-0.4, -0.2) is 11.0 Å². The van der Waals surface area contributed by atoms with Gasteiger partial charge in [-0.3, -0.25) is 0 Å². The van der Waals surface area contributed by atoms with Crippen LogP contribution in [0.15, 0.2) is 0 Å². The Kier molecular flexibility index (Phi) is 3.98. The van der Waals surface area contributed by atoms with Gasteiger partial charge in [-0.1, -0.05) is 20.8 Å². The fraction of sp³-hybridized carbons (Fsp3) is 0.769. The standard InChI is InChI=1S/C13H22N2S/c1-4-10(14-9(2)3)13-15-11-7-5-6-8-12(11)16-13/h9-10,14H,4-8H2,1-3H3. The van der Waals surface area contributed by atoms with E-state index >= 15 is 0 Å². The van der Waals surface area contributed by atoms with Crippen LogP contribution in [-0.2, 0) is 12.8 Å². The van der Waals surface area contributed by atoms with Crippen LogP contribution in [0.1, 0.15) is 61.7 Å². The molecule has 1 atom stereocenters. The Labute approximate surface area is 102 Å². The lowest BCUT2D eigenvalue weighted by Gasteiger charge is -2.17. The number of aryl methyl sites for hydroxylation is 2. The quantitative estimate of drug-likeness (QED) is 0.869. The summed E-state index contributed by atoms with van der Waals surface area (Å²) in [5, 5.41) is 4.91. The summed E-state index contributed by atoms with van der Waals surface area (Å²) in [5.41, 5.74) is 1.38. The molecule has 0 aliphatic heterocycles. The van der Waals surface area contributed by atoms with Crippen LogP contribution < -0.4 is 5.32 Å². The van der Waals surface area contributed by atoms with Crippen molar-refractivity contribution in [3.63, 3.8) is 0 Å². The highest BCUT2D eigenvalue weighted by atomic mass is 32.1. The van der Waals surface area contributed by atoms with Crippen LogP contribution in [0, 0.1) is 0 Å². The lowest BCUT2D eigenvalue weighted by Crippen LogP contribution is -2.27. The first kappa shape index (κ1) is 12.1. The summed E-state index contributed by atoms with van der Waals surface area (Å²) in [6.07, 6.45) is 6.26. The Bertz CT molecular complexity index is 320. The Morgan fingerprint density at radius 3 is 2.69 bits per heavy atom. The van der Waals surface area contributed by atoms with Gasteiger partial charge in [0.05, 0.1) is 11.7 Å². The number of hydrogen-bond acceptors (Lipinski definition) is 3. The number of aromatic nitrogens is 1. The van der Waals surface area contributed by atoms with E-state index in [1.54, 1.807) is 4.88 Å². The lowest BCUT2D eigenvalue weighted by molar-refractivity contribution is 0.464. The van der Waals surface area contributed by atoms with Gasteiger partial charge in [-0.2, -0.15) is 0 Å². The summed E-state index contributed by atoms with van der Waals surface area (Å²) in [5.74, 6) is 0. The molecule has 90 valence electrons. The maximum Gasteiger partial charge on any atom is 0.110 e. The van der Waals surface area contributed by atoms with Crippen LogP contribution in [0.4, 0.5) is 0 Å². The molecule has 0 amide bonds. The summed E-state index contributed by atoms with van der Waals surface area (Å²) in [7, 11) is 0. The summed E-state index contributed by atoms with van der Waals surface area (Å²) in [6.45, 7) is 6.65. The first-order chi connectivity index (χ1) is 7.70. The molecule has 1 aromatic heterocycles. The van der Waals surface area contributed by atoms with Gasteiger partial charge in [-0.05, 0) is 32.1 Å². The third kappa shape index (κ3) is 2.64. The molecule has 2 rings (SSSR count). The van der Waals surface area contributed by atoms with Gasteiger partial charge in [0.1, 0.15) is 5.01 Å². The average molecular weight is 238 g/mol. The second kappa shape index (κ2) is 5.28. The van der Waals surface area contributed by atoms with E-state index in [2.05, 4.69) is 26.1 Å². The monoisotopic (exact) mass is 238 g/mol. The van der Waals surface area contributed by atoms with E-state index in [4.69, 9.17) is 4.98 Å². The van der Waals surface area contributed by atoms with E-state index in [1.807, 2.05) is 11.3 Å². The van der Waals surface area contributed by atoms with Crippen molar-refractivity contribution in [1.82, 2.24) is 10.3 Å². The molecule has 3 heteroatoms. The van der Waals surface area contributed by atoms with Crippen LogP contribution in [0.25, 0.3) is 0 Å². The molecule has 0 fully saturated rings. The molecule has 0 spiro atoms. The number of rotatable bonds is 4. The van der Waals surface area contributed by atoms with Gasteiger partial charge >= 0.3 is 0 Å². The molecule has 1 unspecified atom stereocenters.